The Bertz CT molecular complexity index is 1590. The molecule has 2 heterocycles. The lowest BCUT2D eigenvalue weighted by atomic mass is 9.77. The number of hydrogen-bond donors (Lipinski definition) is 1. The summed E-state index contributed by atoms with van der Waals surface area (Å²) >= 11 is 0. The van der Waals surface area contributed by atoms with Crippen LogP contribution in [0.5, 0.6) is 11.5 Å². The number of methoxy groups -OCH3 is 2. The molecule has 2 aliphatic heterocycles. The Balaban J connectivity index is 1.69. The second kappa shape index (κ2) is 17.1. The summed E-state index contributed by atoms with van der Waals surface area (Å²) in [5, 5.41) is 13.8. The Labute approximate surface area is 323 Å². The van der Waals surface area contributed by atoms with Crippen molar-refractivity contribution in [2.75, 3.05) is 60.8 Å². The van der Waals surface area contributed by atoms with Gasteiger partial charge in [0.2, 0.25) is 0 Å². The summed E-state index contributed by atoms with van der Waals surface area (Å²) in [5.74, 6) is 0.835. The Kier molecular flexibility index (Phi) is 13.4. The second-order valence-electron chi connectivity index (χ2n) is 17.6. The fourth-order valence-electron chi connectivity index (χ4n) is 6.27. The zero-order valence-corrected chi connectivity index (χ0v) is 35.2. The lowest BCUT2D eigenvalue weighted by molar-refractivity contribution is -0.226. The lowest BCUT2D eigenvalue weighted by Gasteiger charge is -2.37. The van der Waals surface area contributed by atoms with Gasteiger partial charge in [0.05, 0.1) is 26.4 Å². The van der Waals surface area contributed by atoms with Crippen LogP contribution in [0.4, 0.5) is 0 Å². The Morgan fingerprint density at radius 1 is 0.704 bits per heavy atom. The highest BCUT2D eigenvalue weighted by molar-refractivity contribution is 6.74. The van der Waals surface area contributed by atoms with Gasteiger partial charge in [-0.05, 0) is 59.9 Å². The Hall–Kier alpha value is -2.84. The number of aliphatic hydroxyl groups is 1. The maximum Gasteiger partial charge on any atom is 0.191 e. The summed E-state index contributed by atoms with van der Waals surface area (Å²) in [6.45, 7) is 22.2. The molecular weight excluding hydrogens is 705 g/mol. The topological polar surface area (TPSA) is 103 Å². The van der Waals surface area contributed by atoms with E-state index in [0.717, 1.165) is 16.7 Å². The van der Waals surface area contributed by atoms with Gasteiger partial charge in [0, 0.05) is 53.9 Å². The van der Waals surface area contributed by atoms with E-state index < -0.39 is 26.5 Å². The zero-order chi connectivity index (χ0) is 39.4. The molecule has 1 N–H and O–H groups in total. The highest BCUT2D eigenvalue weighted by Crippen LogP contribution is 2.48. The number of benzene rings is 3. The first-order valence-electron chi connectivity index (χ1n) is 18.8. The Morgan fingerprint density at radius 3 is 1.59 bits per heavy atom. The van der Waals surface area contributed by atoms with Gasteiger partial charge in [-0.25, -0.2) is 0 Å². The number of rotatable bonds is 15. The average Bonchev–Trinajstić information content (AvgIpc) is 3.12. The summed E-state index contributed by atoms with van der Waals surface area (Å²) in [6, 6.07) is 19.2. The minimum Gasteiger partial charge on any atom is -0.467 e. The average molecular weight is 767 g/mol. The van der Waals surface area contributed by atoms with Crippen molar-refractivity contribution in [2.24, 2.45) is 10.8 Å². The SMILES string of the molecule is COCOc1ccc(C2OCC(C)(C)CO2)cc1C(O)(c1cccc(CCO[Si](C)(C)C(C)(C)C)c1)c1cc(C2OCC(C)(C)CO2)ccc1OCOC. The van der Waals surface area contributed by atoms with Gasteiger partial charge in [0.25, 0.3) is 0 Å². The van der Waals surface area contributed by atoms with Crippen LogP contribution in [0.2, 0.25) is 18.1 Å². The van der Waals surface area contributed by atoms with Gasteiger partial charge in [-0.2, -0.15) is 0 Å². The van der Waals surface area contributed by atoms with Crippen molar-refractivity contribution in [1.29, 1.82) is 0 Å². The van der Waals surface area contributed by atoms with Crippen LogP contribution < -0.4 is 9.47 Å². The molecule has 54 heavy (non-hydrogen) atoms. The molecule has 0 aromatic heterocycles. The largest absolute Gasteiger partial charge is 0.467 e. The van der Waals surface area contributed by atoms with Crippen LogP contribution in [0, 0.1) is 10.8 Å². The van der Waals surface area contributed by atoms with Crippen LogP contribution in [0.3, 0.4) is 0 Å². The molecule has 2 fully saturated rings. The molecule has 11 heteroatoms. The van der Waals surface area contributed by atoms with Crippen LogP contribution in [-0.2, 0) is 44.9 Å². The molecule has 5 rings (SSSR count). The van der Waals surface area contributed by atoms with E-state index in [1.165, 1.54) is 0 Å². The smallest absolute Gasteiger partial charge is 0.191 e. The maximum atomic E-state index is 13.8. The molecule has 0 saturated carbocycles. The Morgan fingerprint density at radius 2 is 1.17 bits per heavy atom. The minimum atomic E-state index is -1.97. The highest BCUT2D eigenvalue weighted by atomic mass is 28.4. The molecule has 2 aliphatic rings. The summed E-state index contributed by atoms with van der Waals surface area (Å²) < 4.78 is 54.6. The maximum absolute atomic E-state index is 13.8. The van der Waals surface area contributed by atoms with Crippen molar-refractivity contribution >= 4 is 8.32 Å². The standard InChI is InChI=1S/C43H62O10Si/c1-40(2,3)54(10,11)53-20-19-30-13-12-14-33(21-30)43(44,34-22-31(15-17-36(34)51-28-45-8)38-47-24-41(4,5)25-48-38)35-23-32(16-18-37(35)52-29-46-9)39-49-26-42(6,7)27-50-39/h12-18,21-23,38-39,44H,19-20,24-29H2,1-11H3. The first-order chi connectivity index (χ1) is 25.4. The molecule has 298 valence electrons. The monoisotopic (exact) mass is 766 g/mol. The summed E-state index contributed by atoms with van der Waals surface area (Å²) in [4.78, 5) is 0. The van der Waals surface area contributed by atoms with Gasteiger partial charge in [-0.3, -0.25) is 0 Å². The van der Waals surface area contributed by atoms with Crippen LogP contribution in [0.15, 0.2) is 60.7 Å². The predicted octanol–water partition coefficient (Wildman–Crippen LogP) is 8.64. The fraction of sp³-hybridized carbons (Fsp3) is 0.581. The molecule has 0 radical (unpaired) electrons. The molecule has 0 atom stereocenters. The third-order valence-electron chi connectivity index (χ3n) is 10.5. The second-order valence-corrected chi connectivity index (χ2v) is 22.4. The molecule has 3 aromatic rings. The first-order valence-corrected chi connectivity index (χ1v) is 21.7. The fourth-order valence-corrected chi connectivity index (χ4v) is 7.31. The van der Waals surface area contributed by atoms with Crippen molar-refractivity contribution < 1.29 is 47.4 Å². The van der Waals surface area contributed by atoms with Crippen LogP contribution >= 0.6 is 0 Å². The molecule has 0 amide bonds. The van der Waals surface area contributed by atoms with E-state index in [1.54, 1.807) is 14.2 Å². The molecular formula is C43H62O10Si. The summed E-state index contributed by atoms with van der Waals surface area (Å²) in [5.41, 5.74) is 1.90. The number of hydrogen-bond acceptors (Lipinski definition) is 10. The van der Waals surface area contributed by atoms with Gasteiger partial charge in [0.1, 0.15) is 17.1 Å². The van der Waals surface area contributed by atoms with E-state index in [1.807, 2.05) is 54.6 Å². The molecule has 0 bridgehead atoms. The summed E-state index contributed by atoms with van der Waals surface area (Å²) in [6.07, 6.45) is -0.617. The normalized spacial score (nSPS) is 18.4. The highest BCUT2D eigenvalue weighted by Gasteiger charge is 2.42. The van der Waals surface area contributed by atoms with Crippen molar-refractivity contribution in [1.82, 2.24) is 0 Å². The van der Waals surface area contributed by atoms with E-state index in [-0.39, 0.29) is 29.5 Å². The third-order valence-corrected chi connectivity index (χ3v) is 15.0. The van der Waals surface area contributed by atoms with Crippen molar-refractivity contribution in [2.45, 2.75) is 91.2 Å². The van der Waals surface area contributed by atoms with E-state index in [9.17, 15) is 5.11 Å². The molecule has 3 aromatic carbocycles. The zero-order valence-electron chi connectivity index (χ0n) is 34.2. The predicted molar refractivity (Wildman–Crippen MR) is 210 cm³/mol. The van der Waals surface area contributed by atoms with Crippen molar-refractivity contribution in [3.8, 4) is 11.5 Å². The van der Waals surface area contributed by atoms with Crippen LogP contribution in [0.1, 0.15) is 94.4 Å². The van der Waals surface area contributed by atoms with Crippen molar-refractivity contribution in [3.63, 3.8) is 0 Å². The number of ether oxygens (including phenoxy) is 8. The quantitative estimate of drug-likeness (QED) is 0.0919. The molecule has 0 unspecified atom stereocenters. The third kappa shape index (κ3) is 9.93. The molecule has 2 saturated heterocycles. The molecule has 10 nitrogen and oxygen atoms in total. The first kappa shape index (κ1) is 42.3. The van der Waals surface area contributed by atoms with Crippen LogP contribution in [0.25, 0.3) is 0 Å². The van der Waals surface area contributed by atoms with E-state index in [4.69, 9.17) is 42.3 Å². The van der Waals surface area contributed by atoms with Gasteiger partial charge < -0.3 is 47.4 Å². The van der Waals surface area contributed by atoms with Gasteiger partial charge in [-0.1, -0.05) is 84.9 Å². The minimum absolute atomic E-state index is 0.0372. The van der Waals surface area contributed by atoms with Gasteiger partial charge >= 0.3 is 0 Å². The van der Waals surface area contributed by atoms with Gasteiger partial charge in [0.15, 0.2) is 34.5 Å². The van der Waals surface area contributed by atoms with Crippen molar-refractivity contribution in [3.05, 3.63) is 94.0 Å². The van der Waals surface area contributed by atoms with Gasteiger partial charge in [-0.15, -0.1) is 0 Å². The molecule has 0 spiro atoms. The van der Waals surface area contributed by atoms with E-state index >= 15 is 0 Å². The van der Waals surface area contributed by atoms with Crippen LogP contribution in [-0.4, -0.2) is 74.3 Å². The summed E-state index contributed by atoms with van der Waals surface area (Å²) in [7, 11) is 1.15. The molecule has 0 aliphatic carbocycles. The van der Waals surface area contributed by atoms with E-state index in [0.29, 0.717) is 67.6 Å². The lowest BCUT2D eigenvalue weighted by Crippen LogP contribution is -2.41. The van der Waals surface area contributed by atoms with E-state index in [2.05, 4.69) is 67.6 Å².